The van der Waals surface area contributed by atoms with Crippen molar-refractivity contribution in [3.8, 4) is 17.2 Å². The van der Waals surface area contributed by atoms with Gasteiger partial charge in [0.1, 0.15) is 12.1 Å². The van der Waals surface area contributed by atoms with Crippen LogP contribution in [-0.2, 0) is 4.79 Å². The Labute approximate surface area is 133 Å². The molecule has 6 nitrogen and oxygen atoms in total. The molecule has 0 bridgehead atoms. The minimum absolute atomic E-state index is 0.125. The number of carboxylic acids is 1. The quantitative estimate of drug-likeness (QED) is 0.851. The molecule has 0 aromatic heterocycles. The summed E-state index contributed by atoms with van der Waals surface area (Å²) in [6.45, 7) is 0.125. The normalized spacial score (nSPS) is 15.0. The van der Waals surface area contributed by atoms with Crippen LogP contribution in [0, 0.1) is 0 Å². The van der Waals surface area contributed by atoms with Crippen LogP contribution in [0.4, 0.5) is 0 Å². The average Bonchev–Trinajstić information content (AvgIpc) is 3.04. The van der Waals surface area contributed by atoms with Crippen LogP contribution >= 0.6 is 0 Å². The molecule has 0 radical (unpaired) electrons. The number of hydrogen-bond donors (Lipinski definition) is 2. The van der Waals surface area contributed by atoms with Crippen molar-refractivity contribution in [1.29, 1.82) is 0 Å². The first-order chi connectivity index (χ1) is 11.2. The molecule has 2 aromatic carbocycles. The summed E-state index contributed by atoms with van der Waals surface area (Å²) >= 11 is 0. The van der Waals surface area contributed by atoms with Crippen molar-refractivity contribution in [2.24, 2.45) is 0 Å². The monoisotopic (exact) mass is 315 g/mol. The van der Waals surface area contributed by atoms with Crippen LogP contribution in [0.1, 0.15) is 11.7 Å². The second-order valence-corrected chi connectivity index (χ2v) is 5.04. The number of likely N-dealkylation sites (N-methyl/N-ethyl adjacent to an activating group) is 1. The molecule has 23 heavy (non-hydrogen) atoms. The van der Waals surface area contributed by atoms with Crippen molar-refractivity contribution in [2.75, 3.05) is 13.8 Å². The van der Waals surface area contributed by atoms with Gasteiger partial charge in [-0.3, -0.25) is 4.79 Å². The molecule has 0 amide bonds. The molecule has 2 unspecified atom stereocenters. The fourth-order valence-electron chi connectivity index (χ4n) is 2.51. The number of benzene rings is 2. The van der Waals surface area contributed by atoms with Crippen LogP contribution in [0.3, 0.4) is 0 Å². The van der Waals surface area contributed by atoms with E-state index in [1.165, 1.54) is 0 Å². The van der Waals surface area contributed by atoms with Crippen LogP contribution in [0.25, 0.3) is 0 Å². The van der Waals surface area contributed by atoms with Gasteiger partial charge in [0.15, 0.2) is 11.5 Å². The fourth-order valence-corrected chi connectivity index (χ4v) is 2.51. The van der Waals surface area contributed by atoms with Crippen molar-refractivity contribution in [1.82, 2.24) is 5.32 Å². The van der Waals surface area contributed by atoms with Gasteiger partial charge in [0.2, 0.25) is 12.5 Å². The van der Waals surface area contributed by atoms with E-state index in [4.69, 9.17) is 14.2 Å². The standard InChI is InChI=1S/C17H17NO5/c1-18-14(17(19)20)15(11-6-3-2-4-7-11)23-13-9-5-8-12-16(13)22-10-21-12/h2-9,14-15,18H,10H2,1H3,(H,19,20). The minimum Gasteiger partial charge on any atom is -0.480 e. The maximum Gasteiger partial charge on any atom is 0.324 e. The number of para-hydroxylation sites is 1. The summed E-state index contributed by atoms with van der Waals surface area (Å²) in [5.74, 6) is 0.542. The molecule has 0 fully saturated rings. The van der Waals surface area contributed by atoms with Crippen molar-refractivity contribution < 1.29 is 24.1 Å². The second kappa shape index (κ2) is 6.58. The number of fused-ring (bicyclic) bond motifs is 1. The SMILES string of the molecule is CNC(C(=O)O)C(Oc1cccc2c1OCO2)c1ccccc1. The van der Waals surface area contributed by atoms with Crippen LogP contribution in [0.15, 0.2) is 48.5 Å². The van der Waals surface area contributed by atoms with Crippen LogP contribution in [-0.4, -0.2) is 31.0 Å². The molecule has 6 heteroatoms. The first-order valence-electron chi connectivity index (χ1n) is 7.21. The van der Waals surface area contributed by atoms with E-state index in [-0.39, 0.29) is 6.79 Å². The predicted molar refractivity (Wildman–Crippen MR) is 82.9 cm³/mol. The molecule has 1 heterocycles. The van der Waals surface area contributed by atoms with Crippen molar-refractivity contribution in [2.45, 2.75) is 12.1 Å². The third-order valence-electron chi connectivity index (χ3n) is 3.62. The Balaban J connectivity index is 1.96. The number of hydrogen-bond acceptors (Lipinski definition) is 5. The number of aliphatic carboxylic acids is 1. The second-order valence-electron chi connectivity index (χ2n) is 5.04. The Morgan fingerprint density at radius 1 is 1.17 bits per heavy atom. The van der Waals surface area contributed by atoms with Gasteiger partial charge in [-0.2, -0.15) is 0 Å². The lowest BCUT2D eigenvalue weighted by atomic mass is 10.0. The van der Waals surface area contributed by atoms with Gasteiger partial charge in [0, 0.05) is 0 Å². The Bertz CT molecular complexity index is 689. The maximum atomic E-state index is 11.6. The molecule has 2 aromatic rings. The number of nitrogens with one attached hydrogen (secondary N) is 1. The van der Waals surface area contributed by atoms with Gasteiger partial charge in [-0.05, 0) is 24.7 Å². The van der Waals surface area contributed by atoms with Gasteiger partial charge < -0.3 is 24.6 Å². The summed E-state index contributed by atoms with van der Waals surface area (Å²) < 4.78 is 16.8. The maximum absolute atomic E-state index is 11.6. The molecule has 0 saturated carbocycles. The number of ether oxygens (including phenoxy) is 3. The highest BCUT2D eigenvalue weighted by molar-refractivity contribution is 5.74. The average molecular weight is 315 g/mol. The van der Waals surface area contributed by atoms with Crippen molar-refractivity contribution in [3.05, 3.63) is 54.1 Å². The zero-order valence-electron chi connectivity index (χ0n) is 12.6. The molecule has 2 N–H and O–H groups in total. The zero-order valence-corrected chi connectivity index (χ0v) is 12.6. The van der Waals surface area contributed by atoms with Gasteiger partial charge >= 0.3 is 5.97 Å². The fraction of sp³-hybridized carbons (Fsp3) is 0.235. The van der Waals surface area contributed by atoms with Crippen LogP contribution < -0.4 is 19.5 Å². The van der Waals surface area contributed by atoms with Gasteiger partial charge in [-0.1, -0.05) is 36.4 Å². The molecule has 0 saturated heterocycles. The summed E-state index contributed by atoms with van der Waals surface area (Å²) in [6.07, 6.45) is -0.714. The smallest absolute Gasteiger partial charge is 0.324 e. The lowest BCUT2D eigenvalue weighted by Crippen LogP contribution is -2.41. The van der Waals surface area contributed by atoms with Gasteiger partial charge in [0.25, 0.3) is 0 Å². The van der Waals surface area contributed by atoms with E-state index < -0.39 is 18.1 Å². The predicted octanol–water partition coefficient (Wildman–Crippen LogP) is 2.21. The highest BCUT2D eigenvalue weighted by Gasteiger charge is 2.31. The summed E-state index contributed by atoms with van der Waals surface area (Å²) in [6, 6.07) is 13.6. The Hall–Kier alpha value is -2.73. The first kappa shape index (κ1) is 15.2. The highest BCUT2D eigenvalue weighted by Crippen LogP contribution is 2.42. The molecular weight excluding hydrogens is 298 g/mol. The first-order valence-corrected chi connectivity index (χ1v) is 7.21. The third-order valence-corrected chi connectivity index (χ3v) is 3.62. The molecule has 120 valence electrons. The van der Waals surface area contributed by atoms with E-state index in [0.717, 1.165) is 5.56 Å². The zero-order chi connectivity index (χ0) is 16.2. The largest absolute Gasteiger partial charge is 0.480 e. The molecule has 3 rings (SSSR count). The van der Waals surface area contributed by atoms with E-state index in [0.29, 0.717) is 17.2 Å². The van der Waals surface area contributed by atoms with Gasteiger partial charge in [0.05, 0.1) is 0 Å². The minimum atomic E-state index is -0.994. The van der Waals surface area contributed by atoms with Crippen molar-refractivity contribution in [3.63, 3.8) is 0 Å². The summed E-state index contributed by atoms with van der Waals surface area (Å²) in [7, 11) is 1.59. The van der Waals surface area contributed by atoms with Crippen molar-refractivity contribution >= 4 is 5.97 Å². The molecule has 1 aliphatic rings. The van der Waals surface area contributed by atoms with Gasteiger partial charge in [-0.15, -0.1) is 0 Å². The number of carboxylic acid groups (broad SMARTS) is 1. The van der Waals surface area contributed by atoms with E-state index >= 15 is 0 Å². The van der Waals surface area contributed by atoms with Crippen LogP contribution in [0.5, 0.6) is 17.2 Å². The van der Waals surface area contributed by atoms with E-state index in [1.807, 2.05) is 30.3 Å². The molecule has 0 aliphatic carbocycles. The van der Waals surface area contributed by atoms with E-state index in [2.05, 4.69) is 5.32 Å². The molecule has 2 atom stereocenters. The lowest BCUT2D eigenvalue weighted by molar-refractivity contribution is -0.142. The summed E-state index contributed by atoms with van der Waals surface area (Å²) in [4.78, 5) is 11.6. The third kappa shape index (κ3) is 3.07. The lowest BCUT2D eigenvalue weighted by Gasteiger charge is -2.25. The number of carbonyl (C=O) groups is 1. The molecule has 1 aliphatic heterocycles. The summed E-state index contributed by atoms with van der Waals surface area (Å²) in [5, 5.41) is 12.3. The Morgan fingerprint density at radius 2 is 1.96 bits per heavy atom. The Morgan fingerprint density at radius 3 is 2.65 bits per heavy atom. The molecular formula is C17H17NO5. The topological polar surface area (TPSA) is 77.0 Å². The van der Waals surface area contributed by atoms with E-state index in [9.17, 15) is 9.90 Å². The Kier molecular flexibility index (Phi) is 4.34. The summed E-state index contributed by atoms with van der Waals surface area (Å²) in [5.41, 5.74) is 0.755. The van der Waals surface area contributed by atoms with E-state index in [1.54, 1.807) is 25.2 Å². The molecule has 0 spiro atoms. The number of rotatable bonds is 6. The van der Waals surface area contributed by atoms with Gasteiger partial charge in [-0.25, -0.2) is 0 Å². The van der Waals surface area contributed by atoms with Crippen LogP contribution in [0.2, 0.25) is 0 Å². The highest BCUT2D eigenvalue weighted by atomic mass is 16.7.